The molecule has 2 N–H and O–H groups in total. The number of carbonyl (C=O) groups excluding carboxylic acids is 1. The van der Waals surface area contributed by atoms with Crippen LogP contribution in [0.3, 0.4) is 0 Å². The van der Waals surface area contributed by atoms with Crippen LogP contribution in [0.5, 0.6) is 0 Å². The van der Waals surface area contributed by atoms with Crippen molar-refractivity contribution in [2.75, 3.05) is 26.2 Å². The Balaban J connectivity index is 1.21. The molecule has 2 aliphatic heterocycles. The van der Waals surface area contributed by atoms with E-state index >= 15 is 0 Å². The Kier molecular flexibility index (Phi) is 7.03. The molecule has 1 fully saturated rings. The van der Waals surface area contributed by atoms with Crippen LogP contribution >= 0.6 is 0 Å². The molecule has 3 heterocycles. The van der Waals surface area contributed by atoms with Crippen LogP contribution in [0, 0.1) is 17.5 Å². The molecular formula is C30H32F3N5O. The molecule has 3 aliphatic rings. The largest absolute Gasteiger partial charge is 0.382 e. The number of carbonyl (C=O) groups is 1. The second-order valence-corrected chi connectivity index (χ2v) is 10.9. The summed E-state index contributed by atoms with van der Waals surface area (Å²) in [6, 6.07) is 5.38. The van der Waals surface area contributed by atoms with Crippen LogP contribution in [0.2, 0.25) is 0 Å². The highest BCUT2D eigenvalue weighted by molar-refractivity contribution is 6.22. The minimum absolute atomic E-state index is 0.0421. The summed E-state index contributed by atoms with van der Waals surface area (Å²) in [4.78, 5) is 26.1. The van der Waals surface area contributed by atoms with Gasteiger partial charge in [0.15, 0.2) is 17.4 Å². The standard InChI is InChI=1S/C30H32F3N5O/c1-18(11-19-12-22(31)15-23(32)29(19)33)34-24-5-4-6-27(39)28(24)30-35-25-13-20-16-38(10-9-37-7-2-3-8-37)17-21(20)14-26(25)36-30/h4-5,12-15,18,34H,2-3,6-11,16-17H2,1H3,(H,35,36)/t18-/m0/s1. The Morgan fingerprint density at radius 1 is 1.03 bits per heavy atom. The maximum Gasteiger partial charge on any atom is 0.172 e. The molecule has 0 spiro atoms. The molecule has 0 saturated carbocycles. The topological polar surface area (TPSA) is 64.3 Å². The number of nitrogens with one attached hydrogen (secondary N) is 2. The summed E-state index contributed by atoms with van der Waals surface area (Å²) in [5.74, 6) is -2.71. The first-order valence-corrected chi connectivity index (χ1v) is 13.6. The van der Waals surface area contributed by atoms with E-state index in [0.29, 0.717) is 23.2 Å². The molecule has 1 atom stereocenters. The third kappa shape index (κ3) is 5.38. The molecule has 0 radical (unpaired) electrons. The SMILES string of the molecule is C[C@@H](Cc1cc(F)cc(F)c1F)NC1=C(c2nc3cc4c(cc3[nH]2)CN(CCN2CCCC2)C4)C(=O)CC=C1. The molecule has 9 heteroatoms. The number of ketones is 1. The molecule has 0 amide bonds. The summed E-state index contributed by atoms with van der Waals surface area (Å²) in [7, 11) is 0. The summed E-state index contributed by atoms with van der Waals surface area (Å²) in [5, 5.41) is 3.23. The Hall–Kier alpha value is -3.43. The van der Waals surface area contributed by atoms with Gasteiger partial charge < -0.3 is 15.2 Å². The Morgan fingerprint density at radius 3 is 2.56 bits per heavy atom. The molecular weight excluding hydrogens is 503 g/mol. The molecule has 6 rings (SSSR count). The van der Waals surface area contributed by atoms with Crippen LogP contribution in [0.4, 0.5) is 13.2 Å². The molecule has 39 heavy (non-hydrogen) atoms. The smallest absolute Gasteiger partial charge is 0.172 e. The number of benzene rings is 2. The lowest BCUT2D eigenvalue weighted by Gasteiger charge is -2.21. The number of Topliss-reactive ketones (excluding diaryl/α,β-unsaturated/α-hetero) is 1. The number of aromatic nitrogens is 2. The monoisotopic (exact) mass is 535 g/mol. The van der Waals surface area contributed by atoms with Gasteiger partial charge in [0.2, 0.25) is 0 Å². The van der Waals surface area contributed by atoms with Gasteiger partial charge in [-0.25, -0.2) is 18.2 Å². The maximum absolute atomic E-state index is 14.2. The van der Waals surface area contributed by atoms with E-state index in [1.807, 2.05) is 0 Å². The molecule has 204 valence electrons. The average molecular weight is 536 g/mol. The fraction of sp³-hybridized carbons (Fsp3) is 0.400. The highest BCUT2D eigenvalue weighted by atomic mass is 19.2. The van der Waals surface area contributed by atoms with Gasteiger partial charge in [-0.15, -0.1) is 0 Å². The van der Waals surface area contributed by atoms with Gasteiger partial charge in [0, 0.05) is 50.4 Å². The molecule has 0 bridgehead atoms. The van der Waals surface area contributed by atoms with E-state index in [4.69, 9.17) is 4.98 Å². The van der Waals surface area contributed by atoms with Crippen molar-refractivity contribution in [2.45, 2.75) is 51.7 Å². The van der Waals surface area contributed by atoms with Crippen LogP contribution < -0.4 is 5.32 Å². The zero-order valence-electron chi connectivity index (χ0n) is 22.0. The quantitative estimate of drug-likeness (QED) is 0.404. The van der Waals surface area contributed by atoms with Crippen LogP contribution in [0.25, 0.3) is 16.6 Å². The van der Waals surface area contributed by atoms with Crippen molar-refractivity contribution in [3.63, 3.8) is 0 Å². The summed E-state index contributed by atoms with van der Waals surface area (Å²) in [5.41, 5.74) is 5.15. The summed E-state index contributed by atoms with van der Waals surface area (Å²) >= 11 is 0. The van der Waals surface area contributed by atoms with Gasteiger partial charge in [-0.05, 0) is 80.2 Å². The van der Waals surface area contributed by atoms with Gasteiger partial charge in [-0.3, -0.25) is 9.69 Å². The van der Waals surface area contributed by atoms with Crippen molar-refractivity contribution < 1.29 is 18.0 Å². The zero-order chi connectivity index (χ0) is 27.1. The van der Waals surface area contributed by atoms with Crippen molar-refractivity contribution in [3.8, 4) is 0 Å². The van der Waals surface area contributed by atoms with Gasteiger partial charge in [-0.1, -0.05) is 6.08 Å². The zero-order valence-corrected chi connectivity index (χ0v) is 22.0. The molecule has 0 unspecified atom stereocenters. The van der Waals surface area contributed by atoms with E-state index in [1.165, 1.54) is 37.1 Å². The lowest BCUT2D eigenvalue weighted by molar-refractivity contribution is -0.113. The van der Waals surface area contributed by atoms with Gasteiger partial charge >= 0.3 is 0 Å². The number of rotatable bonds is 8. The van der Waals surface area contributed by atoms with Gasteiger partial charge in [0.1, 0.15) is 11.6 Å². The van der Waals surface area contributed by atoms with Crippen molar-refractivity contribution >= 4 is 22.4 Å². The second kappa shape index (κ2) is 10.6. The molecule has 1 aliphatic carbocycles. The first kappa shape index (κ1) is 25.8. The third-order valence-corrected chi connectivity index (χ3v) is 7.89. The first-order valence-electron chi connectivity index (χ1n) is 13.6. The second-order valence-electron chi connectivity index (χ2n) is 10.9. The van der Waals surface area contributed by atoms with Crippen LogP contribution in [-0.2, 0) is 24.3 Å². The normalized spacial score (nSPS) is 18.9. The number of allylic oxidation sites excluding steroid dienone is 3. The summed E-state index contributed by atoms with van der Waals surface area (Å²) in [6.07, 6.45) is 6.46. The summed E-state index contributed by atoms with van der Waals surface area (Å²) < 4.78 is 41.5. The molecule has 3 aromatic rings. The summed E-state index contributed by atoms with van der Waals surface area (Å²) in [6.45, 7) is 8.14. The lowest BCUT2D eigenvalue weighted by Crippen LogP contribution is -2.30. The number of likely N-dealkylation sites (tertiary alicyclic amines) is 1. The fourth-order valence-electron chi connectivity index (χ4n) is 5.95. The lowest BCUT2D eigenvalue weighted by atomic mass is 9.98. The average Bonchev–Trinajstić information content (AvgIpc) is 3.63. The highest BCUT2D eigenvalue weighted by Crippen LogP contribution is 2.30. The Morgan fingerprint density at radius 2 is 1.77 bits per heavy atom. The molecule has 2 aromatic carbocycles. The fourth-order valence-corrected chi connectivity index (χ4v) is 5.95. The Bertz CT molecular complexity index is 1440. The maximum atomic E-state index is 14.2. The number of halogens is 3. The molecule has 1 saturated heterocycles. The first-order chi connectivity index (χ1) is 18.8. The van der Waals surface area contributed by atoms with Gasteiger partial charge in [0.25, 0.3) is 0 Å². The van der Waals surface area contributed by atoms with E-state index in [0.717, 1.165) is 43.3 Å². The van der Waals surface area contributed by atoms with E-state index < -0.39 is 23.5 Å². The number of nitrogens with zero attached hydrogens (tertiary/aromatic N) is 3. The van der Waals surface area contributed by atoms with Crippen LogP contribution in [0.15, 0.2) is 42.1 Å². The Labute approximate surface area is 225 Å². The highest BCUT2D eigenvalue weighted by Gasteiger charge is 2.26. The molecule has 1 aromatic heterocycles. The van der Waals surface area contributed by atoms with Crippen molar-refractivity contribution in [1.82, 2.24) is 25.1 Å². The number of hydrogen-bond acceptors (Lipinski definition) is 5. The van der Waals surface area contributed by atoms with Crippen molar-refractivity contribution in [1.29, 1.82) is 0 Å². The molecule has 6 nitrogen and oxygen atoms in total. The van der Waals surface area contributed by atoms with E-state index in [-0.39, 0.29) is 24.2 Å². The number of aromatic amines is 1. The van der Waals surface area contributed by atoms with Crippen LogP contribution in [0.1, 0.15) is 48.7 Å². The minimum atomic E-state index is -1.21. The number of fused-ring (bicyclic) bond motifs is 2. The van der Waals surface area contributed by atoms with Gasteiger partial charge in [0.05, 0.1) is 16.6 Å². The van der Waals surface area contributed by atoms with Crippen LogP contribution in [-0.4, -0.2) is 57.8 Å². The van der Waals surface area contributed by atoms with Crippen molar-refractivity contribution in [3.05, 3.63) is 82.1 Å². The third-order valence-electron chi connectivity index (χ3n) is 7.89. The minimum Gasteiger partial charge on any atom is -0.382 e. The number of hydrogen-bond donors (Lipinski definition) is 2. The van der Waals surface area contributed by atoms with E-state index in [2.05, 4.69) is 32.2 Å². The van der Waals surface area contributed by atoms with Gasteiger partial charge in [-0.2, -0.15) is 0 Å². The number of H-pyrrole nitrogens is 1. The van der Waals surface area contributed by atoms with E-state index in [1.54, 1.807) is 19.1 Å². The van der Waals surface area contributed by atoms with E-state index in [9.17, 15) is 18.0 Å². The predicted molar refractivity (Wildman–Crippen MR) is 144 cm³/mol. The number of imidazole rings is 1. The predicted octanol–water partition coefficient (Wildman–Crippen LogP) is 4.85. The van der Waals surface area contributed by atoms with Crippen molar-refractivity contribution in [2.24, 2.45) is 0 Å².